The Balaban J connectivity index is 2.14. The van der Waals surface area contributed by atoms with Gasteiger partial charge in [-0.25, -0.2) is 0 Å². The zero-order valence-corrected chi connectivity index (χ0v) is 12.0. The van der Waals surface area contributed by atoms with Crippen molar-refractivity contribution < 1.29 is 9.53 Å². The minimum absolute atomic E-state index is 0.0444. The number of nitrogens with zero attached hydrogens (tertiary/aromatic N) is 1. The second kappa shape index (κ2) is 5.84. The van der Waals surface area contributed by atoms with Crippen LogP contribution in [0.15, 0.2) is 41.0 Å². The van der Waals surface area contributed by atoms with Gasteiger partial charge in [-0.15, -0.1) is 0 Å². The number of hydrogen-bond acceptors (Lipinski definition) is 4. The molecule has 98 valence electrons. The Morgan fingerprint density at radius 2 is 2.16 bits per heavy atom. The molecule has 0 aliphatic rings. The third-order valence-electron chi connectivity index (χ3n) is 2.65. The van der Waals surface area contributed by atoms with E-state index in [2.05, 4.69) is 20.9 Å². The average molecular weight is 321 g/mol. The first-order valence-electron chi connectivity index (χ1n) is 5.67. The van der Waals surface area contributed by atoms with E-state index in [1.54, 1.807) is 19.2 Å². The van der Waals surface area contributed by atoms with Crippen molar-refractivity contribution >= 4 is 27.4 Å². The molecule has 0 radical (unpaired) electrons. The van der Waals surface area contributed by atoms with Gasteiger partial charge in [-0.05, 0) is 45.8 Å². The zero-order valence-electron chi connectivity index (χ0n) is 10.4. The van der Waals surface area contributed by atoms with Gasteiger partial charge < -0.3 is 10.5 Å². The van der Waals surface area contributed by atoms with Crippen LogP contribution in [0, 0.1) is 0 Å². The van der Waals surface area contributed by atoms with Crippen molar-refractivity contribution in [2.24, 2.45) is 0 Å². The van der Waals surface area contributed by atoms with Crippen LogP contribution in [0.4, 0.5) is 5.69 Å². The van der Waals surface area contributed by atoms with Crippen molar-refractivity contribution in [3.8, 4) is 5.75 Å². The molecule has 1 heterocycles. The average Bonchev–Trinajstić information content (AvgIpc) is 2.39. The van der Waals surface area contributed by atoms with E-state index in [-0.39, 0.29) is 5.78 Å². The Kier molecular flexibility index (Phi) is 4.16. The lowest BCUT2D eigenvalue weighted by Crippen LogP contribution is -2.06. The molecule has 19 heavy (non-hydrogen) atoms. The highest BCUT2D eigenvalue weighted by Gasteiger charge is 2.10. The Morgan fingerprint density at radius 3 is 2.74 bits per heavy atom. The second-order valence-corrected chi connectivity index (χ2v) is 4.90. The number of aromatic nitrogens is 1. The lowest BCUT2D eigenvalue weighted by atomic mass is 10.1. The van der Waals surface area contributed by atoms with Crippen LogP contribution in [-0.4, -0.2) is 17.9 Å². The number of carbonyl (C=O) groups is 1. The molecule has 5 heteroatoms. The van der Waals surface area contributed by atoms with E-state index in [1.807, 2.05) is 18.2 Å². The van der Waals surface area contributed by atoms with Crippen LogP contribution in [0.1, 0.15) is 16.1 Å². The number of hydrogen-bond donors (Lipinski definition) is 1. The normalized spacial score (nSPS) is 10.2. The number of nitrogens with two attached hydrogens (primary N) is 1. The predicted molar refractivity (Wildman–Crippen MR) is 77.4 cm³/mol. The molecule has 0 fully saturated rings. The van der Waals surface area contributed by atoms with E-state index in [4.69, 9.17) is 10.5 Å². The number of benzene rings is 1. The molecule has 0 atom stereocenters. The third-order valence-corrected chi connectivity index (χ3v) is 3.27. The molecular weight excluding hydrogens is 308 g/mol. The maximum absolute atomic E-state index is 12.0. The fraction of sp³-hybridized carbons (Fsp3) is 0.143. The molecule has 0 saturated heterocycles. The first-order valence-corrected chi connectivity index (χ1v) is 6.46. The number of ketones is 1. The molecule has 1 aromatic carbocycles. The maximum Gasteiger partial charge on any atom is 0.185 e. The summed E-state index contributed by atoms with van der Waals surface area (Å²) in [6.45, 7) is 0. The highest BCUT2D eigenvalue weighted by molar-refractivity contribution is 9.10. The largest absolute Gasteiger partial charge is 0.496 e. The molecule has 2 rings (SSSR count). The van der Waals surface area contributed by atoms with Gasteiger partial charge in [0.25, 0.3) is 0 Å². The molecule has 0 saturated carbocycles. The number of ether oxygens (including phenoxy) is 1. The summed E-state index contributed by atoms with van der Waals surface area (Å²) in [4.78, 5) is 16.1. The molecule has 4 nitrogen and oxygen atoms in total. The number of carbonyl (C=O) groups excluding carboxylic acids is 1. The van der Waals surface area contributed by atoms with E-state index in [1.165, 1.54) is 6.20 Å². The van der Waals surface area contributed by atoms with Gasteiger partial charge in [-0.1, -0.05) is 6.07 Å². The van der Waals surface area contributed by atoms with Crippen molar-refractivity contribution in [1.29, 1.82) is 0 Å². The minimum Gasteiger partial charge on any atom is -0.496 e. The SMILES string of the molecule is COc1ccc(CC(=O)c2ccc(N)cn2)cc1Br. The topological polar surface area (TPSA) is 65.2 Å². The standard InChI is InChI=1S/C14H13BrN2O2/c1-19-14-5-2-9(6-11(14)15)7-13(18)12-4-3-10(16)8-17-12/h2-6,8H,7,16H2,1H3. The molecule has 0 unspecified atom stereocenters. The second-order valence-electron chi connectivity index (χ2n) is 4.05. The predicted octanol–water partition coefficient (Wildman–Crippen LogP) is 2.86. The van der Waals surface area contributed by atoms with Gasteiger partial charge in [0.05, 0.1) is 23.5 Å². The van der Waals surface area contributed by atoms with Gasteiger partial charge in [-0.2, -0.15) is 0 Å². The van der Waals surface area contributed by atoms with Gasteiger partial charge in [-0.3, -0.25) is 9.78 Å². The van der Waals surface area contributed by atoms with Gasteiger partial charge in [0.15, 0.2) is 5.78 Å². The highest BCUT2D eigenvalue weighted by Crippen LogP contribution is 2.26. The van der Waals surface area contributed by atoms with Crippen LogP contribution in [0.3, 0.4) is 0 Å². The number of pyridine rings is 1. The number of Topliss-reactive ketones (excluding diaryl/α,β-unsaturated/α-hetero) is 1. The monoisotopic (exact) mass is 320 g/mol. The smallest absolute Gasteiger partial charge is 0.185 e. The Bertz CT molecular complexity index is 597. The van der Waals surface area contributed by atoms with E-state index in [9.17, 15) is 4.79 Å². The summed E-state index contributed by atoms with van der Waals surface area (Å²) in [6, 6.07) is 8.86. The Labute approximate surface area is 119 Å². The number of halogens is 1. The van der Waals surface area contributed by atoms with Crippen LogP contribution >= 0.6 is 15.9 Å². The summed E-state index contributed by atoms with van der Waals surface area (Å²) < 4.78 is 5.97. The van der Waals surface area contributed by atoms with E-state index >= 15 is 0 Å². The molecule has 2 aromatic rings. The van der Waals surface area contributed by atoms with Crippen molar-refractivity contribution in [3.05, 3.63) is 52.3 Å². The van der Waals surface area contributed by atoms with Gasteiger partial charge >= 0.3 is 0 Å². The number of anilines is 1. The van der Waals surface area contributed by atoms with Crippen LogP contribution in [0.2, 0.25) is 0 Å². The van der Waals surface area contributed by atoms with Crippen LogP contribution in [0.25, 0.3) is 0 Å². The zero-order chi connectivity index (χ0) is 13.8. The lowest BCUT2D eigenvalue weighted by molar-refractivity contribution is 0.0988. The number of rotatable bonds is 4. The molecule has 0 aliphatic carbocycles. The van der Waals surface area contributed by atoms with Gasteiger partial charge in [0.1, 0.15) is 11.4 Å². The minimum atomic E-state index is -0.0444. The summed E-state index contributed by atoms with van der Waals surface area (Å²) in [5.41, 5.74) is 7.40. The Morgan fingerprint density at radius 1 is 1.37 bits per heavy atom. The molecule has 0 bridgehead atoms. The summed E-state index contributed by atoms with van der Waals surface area (Å²) in [5.74, 6) is 0.693. The summed E-state index contributed by atoms with van der Waals surface area (Å²) >= 11 is 3.39. The third kappa shape index (κ3) is 3.32. The highest BCUT2D eigenvalue weighted by atomic mass is 79.9. The van der Waals surface area contributed by atoms with Crippen LogP contribution in [0.5, 0.6) is 5.75 Å². The fourth-order valence-electron chi connectivity index (χ4n) is 1.67. The first-order chi connectivity index (χ1) is 9.10. The summed E-state index contributed by atoms with van der Waals surface area (Å²) in [7, 11) is 1.60. The molecule has 2 N–H and O–H groups in total. The van der Waals surface area contributed by atoms with Crippen molar-refractivity contribution in [3.63, 3.8) is 0 Å². The molecule has 0 aliphatic heterocycles. The summed E-state index contributed by atoms with van der Waals surface area (Å²) in [5, 5.41) is 0. The molecule has 0 spiro atoms. The van der Waals surface area contributed by atoms with Gasteiger partial charge in [0, 0.05) is 6.42 Å². The molecule has 1 aromatic heterocycles. The van der Waals surface area contributed by atoms with E-state index in [0.29, 0.717) is 17.8 Å². The number of methoxy groups -OCH3 is 1. The lowest BCUT2D eigenvalue weighted by Gasteiger charge is -2.06. The van der Waals surface area contributed by atoms with Gasteiger partial charge in [0.2, 0.25) is 0 Å². The number of nitrogen functional groups attached to an aromatic ring is 1. The van der Waals surface area contributed by atoms with Crippen LogP contribution in [-0.2, 0) is 6.42 Å². The van der Waals surface area contributed by atoms with Crippen molar-refractivity contribution in [1.82, 2.24) is 4.98 Å². The Hall–Kier alpha value is -1.88. The maximum atomic E-state index is 12.0. The van der Waals surface area contributed by atoms with E-state index in [0.717, 1.165) is 15.8 Å². The van der Waals surface area contributed by atoms with Crippen molar-refractivity contribution in [2.75, 3.05) is 12.8 Å². The van der Waals surface area contributed by atoms with Crippen LogP contribution < -0.4 is 10.5 Å². The molecule has 0 amide bonds. The quantitative estimate of drug-likeness (QED) is 0.880. The summed E-state index contributed by atoms with van der Waals surface area (Å²) in [6.07, 6.45) is 1.77. The van der Waals surface area contributed by atoms with Crippen molar-refractivity contribution in [2.45, 2.75) is 6.42 Å². The first kappa shape index (κ1) is 13.5. The molecular formula is C14H13BrN2O2. The van der Waals surface area contributed by atoms with E-state index < -0.39 is 0 Å². The fourth-order valence-corrected chi connectivity index (χ4v) is 2.25.